The van der Waals surface area contributed by atoms with E-state index in [-0.39, 0.29) is 12.6 Å². The van der Waals surface area contributed by atoms with Crippen LogP contribution in [-0.4, -0.2) is 33.9 Å². The molecule has 0 radical (unpaired) electrons. The van der Waals surface area contributed by atoms with Gasteiger partial charge in [-0.25, -0.2) is 19.1 Å². The molecule has 182 valence electrons. The molecule has 2 aromatic carbocycles. The van der Waals surface area contributed by atoms with E-state index >= 15 is 0 Å². The minimum Gasteiger partial charge on any atom is -0.449 e. The number of amides is 1. The van der Waals surface area contributed by atoms with E-state index in [0.29, 0.717) is 21.8 Å². The number of unbranched alkanes of at least 4 members (excludes halogenated alkanes) is 1. The Bertz CT molecular complexity index is 1270. The van der Waals surface area contributed by atoms with E-state index in [2.05, 4.69) is 22.1 Å². The molecule has 3 aromatic rings. The Kier molecular flexibility index (Phi) is 8.56. The average molecular weight is 494 g/mol. The molecule has 0 aliphatic rings. The molecule has 1 heterocycles. The smallest absolute Gasteiger partial charge is 0.421 e. The lowest BCUT2D eigenvalue weighted by atomic mass is 10.0. The average Bonchev–Trinajstić information content (AvgIpc) is 3.20. The van der Waals surface area contributed by atoms with Gasteiger partial charge in [0.25, 0.3) is 0 Å². The summed E-state index contributed by atoms with van der Waals surface area (Å²) in [6.07, 6.45) is 1.72. The van der Waals surface area contributed by atoms with Crippen LogP contribution in [0.1, 0.15) is 51.7 Å². The van der Waals surface area contributed by atoms with Crippen LogP contribution in [0.2, 0.25) is 5.02 Å². The van der Waals surface area contributed by atoms with E-state index in [9.17, 15) is 9.59 Å². The van der Waals surface area contributed by atoms with Crippen molar-refractivity contribution in [1.82, 2.24) is 9.55 Å². The van der Waals surface area contributed by atoms with Crippen LogP contribution >= 0.6 is 11.6 Å². The summed E-state index contributed by atoms with van der Waals surface area (Å²) in [4.78, 5) is 29.7. The number of hydrogen-bond donors (Lipinski definition) is 1. The predicted octanol–water partition coefficient (Wildman–Crippen LogP) is 6.74. The van der Waals surface area contributed by atoms with Gasteiger partial charge in [-0.2, -0.15) is 0 Å². The zero-order valence-electron chi connectivity index (χ0n) is 20.2. The second-order valence-corrected chi connectivity index (χ2v) is 9.14. The molecule has 35 heavy (non-hydrogen) atoms. The summed E-state index contributed by atoms with van der Waals surface area (Å²) in [5, 5.41) is 3.14. The van der Waals surface area contributed by atoms with Gasteiger partial charge in [-0.15, -0.1) is 0 Å². The van der Waals surface area contributed by atoms with Gasteiger partial charge in [-0.1, -0.05) is 61.1 Å². The fourth-order valence-electron chi connectivity index (χ4n) is 3.08. The largest absolute Gasteiger partial charge is 0.449 e. The van der Waals surface area contributed by atoms with Gasteiger partial charge >= 0.3 is 12.2 Å². The first kappa shape index (κ1) is 25.9. The number of rotatable bonds is 5. The van der Waals surface area contributed by atoms with Gasteiger partial charge in [-0.05, 0) is 51.5 Å². The normalized spacial score (nSPS) is 10.8. The second-order valence-electron chi connectivity index (χ2n) is 8.70. The molecule has 8 heteroatoms. The number of aromatic nitrogens is 2. The van der Waals surface area contributed by atoms with Crippen LogP contribution < -0.4 is 5.32 Å². The topological polar surface area (TPSA) is 82.5 Å². The van der Waals surface area contributed by atoms with E-state index in [0.717, 1.165) is 18.4 Å². The van der Waals surface area contributed by atoms with Crippen molar-refractivity contribution in [2.45, 2.75) is 46.1 Å². The summed E-state index contributed by atoms with van der Waals surface area (Å²) in [6, 6.07) is 14.6. The van der Waals surface area contributed by atoms with Crippen molar-refractivity contribution in [1.29, 1.82) is 0 Å². The molecule has 0 fully saturated rings. The van der Waals surface area contributed by atoms with Crippen LogP contribution in [0.5, 0.6) is 0 Å². The third-order valence-corrected chi connectivity index (χ3v) is 4.89. The van der Waals surface area contributed by atoms with Crippen LogP contribution in [-0.2, 0) is 9.47 Å². The van der Waals surface area contributed by atoms with Crippen molar-refractivity contribution in [2.75, 3.05) is 11.9 Å². The monoisotopic (exact) mass is 493 g/mol. The molecule has 7 nitrogen and oxygen atoms in total. The number of imidazole rings is 1. The molecule has 1 N–H and O–H groups in total. The zero-order valence-corrected chi connectivity index (χ0v) is 21.0. The van der Waals surface area contributed by atoms with Crippen LogP contribution in [0.4, 0.5) is 15.5 Å². The Morgan fingerprint density at radius 1 is 1.11 bits per heavy atom. The maximum atomic E-state index is 13.2. The van der Waals surface area contributed by atoms with Crippen LogP contribution in [0, 0.1) is 11.8 Å². The third-order valence-electron chi connectivity index (χ3n) is 4.65. The van der Waals surface area contributed by atoms with E-state index in [1.165, 1.54) is 10.8 Å². The van der Waals surface area contributed by atoms with Crippen molar-refractivity contribution >= 4 is 29.7 Å². The van der Waals surface area contributed by atoms with Gasteiger partial charge in [0.2, 0.25) is 5.95 Å². The zero-order chi connectivity index (χ0) is 25.4. The van der Waals surface area contributed by atoms with Crippen molar-refractivity contribution in [2.24, 2.45) is 0 Å². The lowest BCUT2D eigenvalue weighted by molar-refractivity contribution is 0.0543. The van der Waals surface area contributed by atoms with Crippen molar-refractivity contribution in [3.8, 4) is 23.1 Å². The highest BCUT2D eigenvalue weighted by Gasteiger charge is 2.26. The van der Waals surface area contributed by atoms with Crippen LogP contribution in [0.15, 0.2) is 54.7 Å². The van der Waals surface area contributed by atoms with Gasteiger partial charge in [0.1, 0.15) is 5.60 Å². The molecule has 0 saturated heterocycles. The maximum absolute atomic E-state index is 13.2. The number of nitrogens with one attached hydrogen (secondary N) is 1. The molecule has 0 aliphatic carbocycles. The highest BCUT2D eigenvalue weighted by Crippen LogP contribution is 2.28. The number of anilines is 1. The molecular formula is C27H28ClN3O4. The Morgan fingerprint density at radius 3 is 2.60 bits per heavy atom. The fourth-order valence-corrected chi connectivity index (χ4v) is 3.27. The molecule has 1 amide bonds. The summed E-state index contributed by atoms with van der Waals surface area (Å²) >= 11 is 6.07. The molecule has 0 aliphatic heterocycles. The minimum absolute atomic E-state index is 0.00616. The van der Waals surface area contributed by atoms with Crippen molar-refractivity contribution in [3.63, 3.8) is 0 Å². The van der Waals surface area contributed by atoms with E-state index in [1.54, 1.807) is 32.9 Å². The number of nitrogens with zero attached hydrogens (tertiary/aromatic N) is 2. The second kappa shape index (κ2) is 11.6. The molecule has 0 atom stereocenters. The van der Waals surface area contributed by atoms with Gasteiger partial charge in [-0.3, -0.25) is 5.32 Å². The predicted molar refractivity (Wildman–Crippen MR) is 137 cm³/mol. The van der Waals surface area contributed by atoms with Gasteiger partial charge < -0.3 is 9.47 Å². The van der Waals surface area contributed by atoms with Crippen LogP contribution in [0.25, 0.3) is 11.3 Å². The summed E-state index contributed by atoms with van der Waals surface area (Å²) in [5.41, 5.74) is 1.72. The first-order valence-electron chi connectivity index (χ1n) is 11.3. The first-order chi connectivity index (χ1) is 16.7. The Morgan fingerprint density at radius 2 is 1.89 bits per heavy atom. The molecule has 1 aromatic heterocycles. The summed E-state index contributed by atoms with van der Waals surface area (Å²) in [7, 11) is 0. The Labute approximate surface area is 210 Å². The highest BCUT2D eigenvalue weighted by molar-refractivity contribution is 6.30. The van der Waals surface area contributed by atoms with Crippen molar-refractivity contribution < 1.29 is 19.1 Å². The number of hydrogen-bond acceptors (Lipinski definition) is 5. The number of carbonyl (C=O) groups excluding carboxylic acids is 2. The molecular weight excluding hydrogens is 466 g/mol. The Balaban J connectivity index is 2.02. The minimum atomic E-state index is -0.760. The molecule has 3 rings (SSSR count). The fraction of sp³-hybridized carbons (Fsp3) is 0.296. The molecule has 0 saturated carbocycles. The molecule has 0 bridgehead atoms. The quantitative estimate of drug-likeness (QED) is 0.314. The maximum Gasteiger partial charge on any atom is 0.421 e. The Hall–Kier alpha value is -3.76. The lowest BCUT2D eigenvalue weighted by Crippen LogP contribution is -2.29. The standard InChI is InChI=1S/C27H28ClN3O4/c1-5-6-16-34-25(32)30-24-29-18-23(31(24)26(33)35-27(2,3)4)22-13-8-7-11-20(22)15-14-19-10-9-12-21(28)17-19/h7-13,17-18H,5-6,16H2,1-4H3,(H,29,30,32). The summed E-state index contributed by atoms with van der Waals surface area (Å²) in [6.45, 7) is 7.55. The van der Waals surface area contributed by atoms with Crippen molar-refractivity contribution in [3.05, 3.63) is 70.9 Å². The van der Waals surface area contributed by atoms with E-state index < -0.39 is 17.8 Å². The lowest BCUT2D eigenvalue weighted by Gasteiger charge is -2.21. The van der Waals surface area contributed by atoms with Gasteiger partial charge in [0.15, 0.2) is 0 Å². The molecule has 0 unspecified atom stereocenters. The van der Waals surface area contributed by atoms with Crippen LogP contribution in [0.3, 0.4) is 0 Å². The third kappa shape index (κ3) is 7.36. The number of carbonyl (C=O) groups is 2. The number of halogens is 1. The number of benzene rings is 2. The summed E-state index contributed by atoms with van der Waals surface area (Å²) in [5.74, 6) is 6.23. The SMILES string of the molecule is CCCCOC(=O)Nc1ncc(-c2ccccc2C#Cc2cccc(Cl)c2)n1C(=O)OC(C)(C)C. The van der Waals surface area contributed by atoms with Gasteiger partial charge in [0, 0.05) is 21.7 Å². The molecule has 0 spiro atoms. The summed E-state index contributed by atoms with van der Waals surface area (Å²) < 4.78 is 12.0. The van der Waals surface area contributed by atoms with E-state index in [1.807, 2.05) is 43.3 Å². The first-order valence-corrected chi connectivity index (χ1v) is 11.7. The number of ether oxygens (including phenoxy) is 2. The highest BCUT2D eigenvalue weighted by atomic mass is 35.5. The van der Waals surface area contributed by atoms with E-state index in [4.69, 9.17) is 21.1 Å². The van der Waals surface area contributed by atoms with Gasteiger partial charge in [0.05, 0.1) is 18.5 Å².